The largest absolute Gasteiger partial charge is 0.368 e. The molecule has 3 rings (SSSR count). The zero-order chi connectivity index (χ0) is 16.2. The number of nitrogens with one attached hydrogen (secondary N) is 1. The highest BCUT2D eigenvalue weighted by molar-refractivity contribution is 6.31. The molecule has 23 heavy (non-hydrogen) atoms. The van der Waals surface area contributed by atoms with Gasteiger partial charge in [0.25, 0.3) is 5.91 Å². The highest BCUT2D eigenvalue weighted by Crippen LogP contribution is 2.25. The minimum absolute atomic E-state index is 0.184. The Balaban J connectivity index is 1.88. The van der Waals surface area contributed by atoms with Gasteiger partial charge in [-0.15, -0.1) is 0 Å². The van der Waals surface area contributed by atoms with Gasteiger partial charge in [-0.2, -0.15) is 0 Å². The van der Waals surface area contributed by atoms with Crippen LogP contribution in [0.2, 0.25) is 5.02 Å². The average molecular weight is 330 g/mol. The molecular weight excluding hydrogens is 314 g/mol. The van der Waals surface area contributed by atoms with Crippen molar-refractivity contribution in [3.8, 4) is 0 Å². The first-order valence-electron chi connectivity index (χ1n) is 7.47. The van der Waals surface area contributed by atoms with Crippen LogP contribution in [-0.4, -0.2) is 24.4 Å². The summed E-state index contributed by atoms with van der Waals surface area (Å²) in [7, 11) is 0. The molecule has 0 spiro atoms. The first-order valence-corrected chi connectivity index (χ1v) is 7.85. The summed E-state index contributed by atoms with van der Waals surface area (Å²) >= 11 is 6.02. The quantitative estimate of drug-likeness (QED) is 0.870. The molecule has 2 aromatic rings. The predicted octanol–water partition coefficient (Wildman–Crippen LogP) is 3.69. The van der Waals surface area contributed by atoms with Gasteiger partial charge in [-0.05, 0) is 31.0 Å². The van der Waals surface area contributed by atoms with Crippen LogP contribution in [0.15, 0.2) is 48.5 Å². The van der Waals surface area contributed by atoms with E-state index in [0.29, 0.717) is 34.9 Å². The molecule has 5 heteroatoms. The number of carbonyl (C=O) groups excluding carboxylic acids is 2. The fourth-order valence-electron chi connectivity index (χ4n) is 2.56. The minimum atomic E-state index is -0.453. The molecule has 118 valence electrons. The van der Waals surface area contributed by atoms with E-state index in [0.717, 1.165) is 6.42 Å². The lowest BCUT2D eigenvalue weighted by Crippen LogP contribution is -2.27. The fourth-order valence-corrected chi connectivity index (χ4v) is 2.73. The van der Waals surface area contributed by atoms with Crippen molar-refractivity contribution in [1.82, 2.24) is 0 Å². The lowest BCUT2D eigenvalue weighted by molar-refractivity contribution is -0.124. The smallest absolute Gasteiger partial charge is 0.253 e. The maximum atomic E-state index is 12.7. The number of hydrogen-bond acceptors (Lipinski definition) is 3. The second-order valence-electron chi connectivity index (χ2n) is 5.38. The summed E-state index contributed by atoms with van der Waals surface area (Å²) in [4.78, 5) is 24.9. The van der Waals surface area contributed by atoms with Crippen LogP contribution >= 0.6 is 11.6 Å². The summed E-state index contributed by atoms with van der Waals surface area (Å²) in [5.74, 6) is -0.414. The third-order valence-electron chi connectivity index (χ3n) is 3.74. The summed E-state index contributed by atoms with van der Waals surface area (Å²) in [6.07, 6.45) is 1.11. The van der Waals surface area contributed by atoms with E-state index in [1.54, 1.807) is 42.5 Å². The summed E-state index contributed by atoms with van der Waals surface area (Å²) in [6.45, 7) is 0.592. The molecule has 0 radical (unpaired) electrons. The Morgan fingerprint density at radius 2 is 1.91 bits per heavy atom. The highest BCUT2D eigenvalue weighted by atomic mass is 35.5. The number of amides is 1. The zero-order valence-electron chi connectivity index (χ0n) is 12.4. The SMILES string of the molecule is O=C(c1ccccc1)c1cc(Cl)ccc1NC(=O)[C@@H]1CCCO1. The number of carbonyl (C=O) groups is 2. The molecule has 0 bridgehead atoms. The minimum Gasteiger partial charge on any atom is -0.368 e. The van der Waals surface area contributed by atoms with Crippen LogP contribution in [0.4, 0.5) is 5.69 Å². The number of benzene rings is 2. The van der Waals surface area contributed by atoms with Crippen LogP contribution in [0, 0.1) is 0 Å². The monoisotopic (exact) mass is 329 g/mol. The number of ether oxygens (including phenoxy) is 1. The van der Waals surface area contributed by atoms with Crippen LogP contribution in [0.25, 0.3) is 0 Å². The maximum absolute atomic E-state index is 12.7. The molecule has 4 nitrogen and oxygen atoms in total. The lowest BCUT2D eigenvalue weighted by atomic mass is 10.0. The number of anilines is 1. The van der Waals surface area contributed by atoms with E-state index in [2.05, 4.69) is 5.32 Å². The first kappa shape index (κ1) is 15.7. The number of hydrogen-bond donors (Lipinski definition) is 1. The van der Waals surface area contributed by atoms with Gasteiger partial charge in [-0.25, -0.2) is 0 Å². The predicted molar refractivity (Wildman–Crippen MR) is 88.9 cm³/mol. The van der Waals surface area contributed by atoms with Crippen LogP contribution in [-0.2, 0) is 9.53 Å². The van der Waals surface area contributed by atoms with Crippen molar-refractivity contribution in [2.45, 2.75) is 18.9 Å². The van der Waals surface area contributed by atoms with Crippen molar-refractivity contribution in [2.24, 2.45) is 0 Å². The van der Waals surface area contributed by atoms with Gasteiger partial charge in [0.15, 0.2) is 5.78 Å². The van der Waals surface area contributed by atoms with Crippen molar-refractivity contribution in [2.75, 3.05) is 11.9 Å². The van der Waals surface area contributed by atoms with Crippen molar-refractivity contribution >= 4 is 29.0 Å². The summed E-state index contributed by atoms with van der Waals surface area (Å²) in [5, 5.41) is 3.23. The van der Waals surface area contributed by atoms with E-state index in [4.69, 9.17) is 16.3 Å². The molecule has 2 aromatic carbocycles. The summed E-state index contributed by atoms with van der Waals surface area (Å²) in [6, 6.07) is 13.8. The molecular formula is C18H16ClNO3. The van der Waals surface area contributed by atoms with Gasteiger partial charge in [-0.1, -0.05) is 41.9 Å². The van der Waals surface area contributed by atoms with E-state index >= 15 is 0 Å². The van der Waals surface area contributed by atoms with Crippen molar-refractivity contribution < 1.29 is 14.3 Å². The molecule has 1 N–H and O–H groups in total. The van der Waals surface area contributed by atoms with Crippen LogP contribution < -0.4 is 5.32 Å². The van der Waals surface area contributed by atoms with E-state index in [1.807, 2.05) is 6.07 Å². The highest BCUT2D eigenvalue weighted by Gasteiger charge is 2.25. The Bertz CT molecular complexity index is 724. The second kappa shape index (κ2) is 6.94. The molecule has 1 amide bonds. The number of ketones is 1. The topological polar surface area (TPSA) is 55.4 Å². The molecule has 1 atom stereocenters. The summed E-state index contributed by atoms with van der Waals surface area (Å²) < 4.78 is 5.37. The second-order valence-corrected chi connectivity index (χ2v) is 5.81. The summed E-state index contributed by atoms with van der Waals surface area (Å²) in [5.41, 5.74) is 1.36. The number of halogens is 1. The Kier molecular flexibility index (Phi) is 4.74. The molecule has 1 aliphatic rings. The van der Waals surface area contributed by atoms with Gasteiger partial charge in [-0.3, -0.25) is 9.59 Å². The Morgan fingerprint density at radius 3 is 2.61 bits per heavy atom. The van der Waals surface area contributed by atoms with Gasteiger partial charge in [0.2, 0.25) is 0 Å². The van der Waals surface area contributed by atoms with Crippen LogP contribution in [0.5, 0.6) is 0 Å². The van der Waals surface area contributed by atoms with Gasteiger partial charge in [0.05, 0.1) is 5.69 Å². The van der Waals surface area contributed by atoms with Crippen molar-refractivity contribution in [3.63, 3.8) is 0 Å². The Morgan fingerprint density at radius 1 is 1.13 bits per heavy atom. The molecule has 0 aliphatic carbocycles. The van der Waals surface area contributed by atoms with Gasteiger partial charge < -0.3 is 10.1 Å². The van der Waals surface area contributed by atoms with Crippen molar-refractivity contribution in [3.05, 3.63) is 64.7 Å². The van der Waals surface area contributed by atoms with Gasteiger partial charge >= 0.3 is 0 Å². The Hall–Kier alpha value is -2.17. The molecule has 0 unspecified atom stereocenters. The maximum Gasteiger partial charge on any atom is 0.253 e. The molecule has 1 fully saturated rings. The zero-order valence-corrected chi connectivity index (χ0v) is 13.2. The van der Waals surface area contributed by atoms with Crippen LogP contribution in [0.3, 0.4) is 0 Å². The van der Waals surface area contributed by atoms with E-state index in [1.165, 1.54) is 0 Å². The number of rotatable bonds is 4. The van der Waals surface area contributed by atoms with E-state index in [9.17, 15) is 9.59 Å². The molecule has 1 aliphatic heterocycles. The molecule has 0 aromatic heterocycles. The first-order chi connectivity index (χ1) is 11.1. The normalized spacial score (nSPS) is 17.0. The third kappa shape index (κ3) is 3.60. The third-order valence-corrected chi connectivity index (χ3v) is 3.98. The Labute approximate surface area is 139 Å². The van der Waals surface area contributed by atoms with E-state index in [-0.39, 0.29) is 11.7 Å². The van der Waals surface area contributed by atoms with Crippen molar-refractivity contribution in [1.29, 1.82) is 0 Å². The fraction of sp³-hybridized carbons (Fsp3) is 0.222. The molecule has 1 heterocycles. The molecule has 1 saturated heterocycles. The lowest BCUT2D eigenvalue weighted by Gasteiger charge is -2.14. The molecule has 0 saturated carbocycles. The van der Waals surface area contributed by atoms with Gasteiger partial charge in [0, 0.05) is 22.8 Å². The van der Waals surface area contributed by atoms with Gasteiger partial charge in [0.1, 0.15) is 6.10 Å². The van der Waals surface area contributed by atoms with E-state index < -0.39 is 6.10 Å². The van der Waals surface area contributed by atoms with Crippen LogP contribution in [0.1, 0.15) is 28.8 Å². The average Bonchev–Trinajstić information content (AvgIpc) is 3.11. The standard InChI is InChI=1S/C18H16ClNO3/c19-13-8-9-15(20-18(22)16-7-4-10-23-16)14(11-13)17(21)12-5-2-1-3-6-12/h1-3,5-6,8-9,11,16H,4,7,10H2,(H,20,22)/t16-/m0/s1.